The molecule has 1 aromatic rings. The molecule has 1 aromatic carbocycles. The monoisotopic (exact) mass is 281 g/mol. The fourth-order valence-corrected chi connectivity index (χ4v) is 2.54. The minimum Gasteiger partial charge on any atom is -0.370 e. The number of carbonyl (C=O) groups excluding carboxylic acids is 1. The van der Waals surface area contributed by atoms with E-state index in [2.05, 4.69) is 25.7 Å². The van der Waals surface area contributed by atoms with Gasteiger partial charge < -0.3 is 4.90 Å². The summed E-state index contributed by atoms with van der Waals surface area (Å²) < 4.78 is 0. The van der Waals surface area contributed by atoms with Crippen molar-refractivity contribution in [2.45, 2.75) is 40.5 Å². The van der Waals surface area contributed by atoms with Gasteiger partial charge in [0.1, 0.15) is 0 Å². The molecule has 0 spiro atoms. The highest BCUT2D eigenvalue weighted by molar-refractivity contribution is 6.33. The van der Waals surface area contributed by atoms with Crippen LogP contribution in [0.25, 0.3) is 0 Å². The standard InChI is InChI=1S/C16H24ClNO/c1-5-13(6-2)11-18(7-3)16-9-8-14(12(4)19)10-15(16)17/h8-10,13H,5-7,11H2,1-4H3. The Morgan fingerprint density at radius 2 is 1.89 bits per heavy atom. The van der Waals surface area contributed by atoms with Gasteiger partial charge in [-0.25, -0.2) is 0 Å². The van der Waals surface area contributed by atoms with E-state index in [1.807, 2.05) is 12.1 Å². The maximum atomic E-state index is 11.3. The maximum Gasteiger partial charge on any atom is 0.159 e. The summed E-state index contributed by atoms with van der Waals surface area (Å²) in [6.45, 7) is 10.1. The Balaban J connectivity index is 2.95. The fraction of sp³-hybridized carbons (Fsp3) is 0.562. The predicted octanol–water partition coefficient (Wildman–Crippen LogP) is 4.81. The largest absolute Gasteiger partial charge is 0.370 e. The Morgan fingerprint density at radius 1 is 1.26 bits per heavy atom. The smallest absolute Gasteiger partial charge is 0.159 e. The molecule has 0 radical (unpaired) electrons. The van der Waals surface area contributed by atoms with Gasteiger partial charge in [0.25, 0.3) is 0 Å². The SMILES string of the molecule is CCC(CC)CN(CC)c1ccc(C(C)=O)cc1Cl. The van der Waals surface area contributed by atoms with Crippen molar-refractivity contribution in [2.75, 3.05) is 18.0 Å². The van der Waals surface area contributed by atoms with Gasteiger partial charge in [-0.3, -0.25) is 4.79 Å². The Kier molecular flexibility index (Phi) is 6.36. The summed E-state index contributed by atoms with van der Waals surface area (Å²) in [5, 5.41) is 0.667. The molecule has 0 saturated heterocycles. The zero-order chi connectivity index (χ0) is 14.4. The van der Waals surface area contributed by atoms with Crippen molar-refractivity contribution >= 4 is 23.1 Å². The topological polar surface area (TPSA) is 20.3 Å². The zero-order valence-electron chi connectivity index (χ0n) is 12.4. The quantitative estimate of drug-likeness (QED) is 0.669. The van der Waals surface area contributed by atoms with Crippen LogP contribution in [-0.4, -0.2) is 18.9 Å². The first-order valence-electron chi connectivity index (χ1n) is 7.08. The summed E-state index contributed by atoms with van der Waals surface area (Å²) in [6.07, 6.45) is 2.35. The van der Waals surface area contributed by atoms with Crippen molar-refractivity contribution in [3.8, 4) is 0 Å². The van der Waals surface area contributed by atoms with Crippen LogP contribution in [0.1, 0.15) is 50.9 Å². The first kappa shape index (κ1) is 16.0. The molecule has 0 unspecified atom stereocenters. The summed E-state index contributed by atoms with van der Waals surface area (Å²) in [6, 6.07) is 5.60. The average Bonchev–Trinajstić information content (AvgIpc) is 2.41. The van der Waals surface area contributed by atoms with Crippen LogP contribution >= 0.6 is 11.6 Å². The minimum atomic E-state index is 0.0523. The number of ketones is 1. The molecular formula is C16H24ClNO. The van der Waals surface area contributed by atoms with Crippen LogP contribution in [0.15, 0.2) is 18.2 Å². The lowest BCUT2D eigenvalue weighted by molar-refractivity contribution is 0.101. The normalized spacial score (nSPS) is 10.8. The van der Waals surface area contributed by atoms with Crippen LogP contribution in [-0.2, 0) is 0 Å². The Morgan fingerprint density at radius 3 is 2.32 bits per heavy atom. The molecule has 0 bridgehead atoms. The van der Waals surface area contributed by atoms with Crippen molar-refractivity contribution in [2.24, 2.45) is 5.92 Å². The zero-order valence-corrected chi connectivity index (χ0v) is 13.1. The van der Waals surface area contributed by atoms with Gasteiger partial charge in [0.05, 0.1) is 10.7 Å². The Bertz CT molecular complexity index is 427. The van der Waals surface area contributed by atoms with E-state index >= 15 is 0 Å². The van der Waals surface area contributed by atoms with Gasteiger partial charge >= 0.3 is 0 Å². The lowest BCUT2D eigenvalue weighted by Gasteiger charge is -2.28. The second kappa shape index (κ2) is 7.54. The third kappa shape index (κ3) is 4.24. The summed E-state index contributed by atoms with van der Waals surface area (Å²) in [5.41, 5.74) is 1.70. The molecule has 1 rings (SSSR count). The second-order valence-electron chi connectivity index (χ2n) is 4.94. The first-order valence-corrected chi connectivity index (χ1v) is 7.46. The molecule has 0 heterocycles. The van der Waals surface area contributed by atoms with Crippen molar-refractivity contribution < 1.29 is 4.79 Å². The van der Waals surface area contributed by atoms with Crippen molar-refractivity contribution in [3.63, 3.8) is 0 Å². The van der Waals surface area contributed by atoms with Crippen LogP contribution in [0.3, 0.4) is 0 Å². The fourth-order valence-electron chi connectivity index (χ4n) is 2.24. The molecule has 0 aliphatic heterocycles. The molecule has 0 aromatic heterocycles. The van der Waals surface area contributed by atoms with Gasteiger partial charge in [0.2, 0.25) is 0 Å². The van der Waals surface area contributed by atoms with Crippen LogP contribution < -0.4 is 4.90 Å². The number of hydrogen-bond acceptors (Lipinski definition) is 2. The third-order valence-electron chi connectivity index (χ3n) is 3.71. The molecule has 0 saturated carbocycles. The van der Waals surface area contributed by atoms with Crippen molar-refractivity contribution in [3.05, 3.63) is 28.8 Å². The van der Waals surface area contributed by atoms with E-state index in [0.717, 1.165) is 18.8 Å². The van der Waals surface area contributed by atoms with Crippen molar-refractivity contribution in [1.82, 2.24) is 0 Å². The van der Waals surface area contributed by atoms with Gasteiger partial charge in [-0.2, -0.15) is 0 Å². The molecule has 106 valence electrons. The van der Waals surface area contributed by atoms with Gasteiger partial charge in [-0.1, -0.05) is 38.3 Å². The molecule has 0 atom stereocenters. The van der Waals surface area contributed by atoms with E-state index < -0.39 is 0 Å². The van der Waals surface area contributed by atoms with E-state index in [4.69, 9.17) is 11.6 Å². The first-order chi connectivity index (χ1) is 9.03. The molecule has 0 aliphatic carbocycles. The molecule has 0 aliphatic rings. The Labute approximate surface area is 121 Å². The van der Waals surface area contributed by atoms with Gasteiger partial charge in [-0.15, -0.1) is 0 Å². The highest BCUT2D eigenvalue weighted by atomic mass is 35.5. The number of hydrogen-bond donors (Lipinski definition) is 0. The lowest BCUT2D eigenvalue weighted by Crippen LogP contribution is -2.29. The van der Waals surface area contributed by atoms with Crippen LogP contribution in [0, 0.1) is 5.92 Å². The Hall–Kier alpha value is -1.02. The summed E-state index contributed by atoms with van der Waals surface area (Å²) in [7, 11) is 0. The van der Waals surface area contributed by atoms with Crippen LogP contribution in [0.2, 0.25) is 5.02 Å². The molecule has 0 N–H and O–H groups in total. The second-order valence-corrected chi connectivity index (χ2v) is 5.35. The maximum absolute atomic E-state index is 11.3. The lowest BCUT2D eigenvalue weighted by atomic mass is 10.0. The number of halogens is 1. The molecule has 0 fully saturated rings. The number of anilines is 1. The summed E-state index contributed by atoms with van der Waals surface area (Å²) in [4.78, 5) is 13.6. The van der Waals surface area contributed by atoms with Crippen LogP contribution in [0.4, 0.5) is 5.69 Å². The molecule has 0 amide bonds. The predicted molar refractivity (Wildman–Crippen MR) is 83.4 cm³/mol. The summed E-state index contributed by atoms with van der Waals surface area (Å²) in [5.74, 6) is 0.736. The van der Waals surface area contributed by atoms with E-state index in [9.17, 15) is 4.79 Å². The number of benzene rings is 1. The van der Waals surface area contributed by atoms with Gasteiger partial charge in [-0.05, 0) is 38.0 Å². The van der Waals surface area contributed by atoms with E-state index in [0.29, 0.717) is 16.5 Å². The molecular weight excluding hydrogens is 258 g/mol. The van der Waals surface area contributed by atoms with Gasteiger partial charge in [0.15, 0.2) is 5.78 Å². The number of nitrogens with zero attached hydrogens (tertiary/aromatic N) is 1. The number of rotatable bonds is 7. The molecule has 19 heavy (non-hydrogen) atoms. The molecule has 2 nitrogen and oxygen atoms in total. The molecule has 3 heteroatoms. The number of carbonyl (C=O) groups is 1. The van der Waals surface area contributed by atoms with E-state index in [1.165, 1.54) is 12.8 Å². The average molecular weight is 282 g/mol. The van der Waals surface area contributed by atoms with Crippen LogP contribution in [0.5, 0.6) is 0 Å². The highest BCUT2D eigenvalue weighted by Gasteiger charge is 2.14. The van der Waals surface area contributed by atoms with E-state index in [1.54, 1.807) is 13.0 Å². The third-order valence-corrected chi connectivity index (χ3v) is 4.01. The van der Waals surface area contributed by atoms with Crippen molar-refractivity contribution in [1.29, 1.82) is 0 Å². The highest BCUT2D eigenvalue weighted by Crippen LogP contribution is 2.28. The number of Topliss-reactive ketones (excluding diaryl/α,β-unsaturated/α-hetero) is 1. The van der Waals surface area contributed by atoms with Gasteiger partial charge in [0, 0.05) is 18.7 Å². The van der Waals surface area contributed by atoms with E-state index in [-0.39, 0.29) is 5.78 Å². The summed E-state index contributed by atoms with van der Waals surface area (Å²) >= 11 is 6.32. The minimum absolute atomic E-state index is 0.0523.